The quantitative estimate of drug-likeness (QED) is 0.497. The van der Waals surface area contributed by atoms with Gasteiger partial charge in [0.15, 0.2) is 0 Å². The van der Waals surface area contributed by atoms with Crippen molar-refractivity contribution >= 4 is 5.91 Å². The number of piperidine rings is 1. The van der Waals surface area contributed by atoms with E-state index in [0.717, 1.165) is 18.0 Å². The van der Waals surface area contributed by atoms with Crippen LogP contribution < -0.4 is 11.3 Å². The molecule has 116 valence electrons. The Labute approximate surface area is 127 Å². The van der Waals surface area contributed by atoms with E-state index < -0.39 is 0 Å². The van der Waals surface area contributed by atoms with E-state index in [1.54, 1.807) is 0 Å². The summed E-state index contributed by atoms with van der Waals surface area (Å²) in [4.78, 5) is 14.1. The van der Waals surface area contributed by atoms with Crippen molar-refractivity contribution in [1.82, 2.24) is 10.3 Å². The fraction of sp³-hybridized carbons (Fsp3) is 0.588. The van der Waals surface area contributed by atoms with Crippen LogP contribution in [0.25, 0.3) is 0 Å². The maximum absolute atomic E-state index is 11.5. The maximum Gasteiger partial charge on any atom is 0.241 e. The number of hydrogen-bond donors (Lipinski definition) is 2. The molecule has 0 aromatic heterocycles. The normalized spacial score (nSPS) is 21.0. The first-order valence-electron chi connectivity index (χ1n) is 7.95. The van der Waals surface area contributed by atoms with Crippen LogP contribution in [-0.4, -0.2) is 23.9 Å². The fourth-order valence-electron chi connectivity index (χ4n) is 3.07. The zero-order valence-electron chi connectivity index (χ0n) is 13.1. The molecule has 21 heavy (non-hydrogen) atoms. The molecule has 0 radical (unpaired) electrons. The van der Waals surface area contributed by atoms with Crippen molar-refractivity contribution in [2.75, 3.05) is 13.1 Å². The fourth-order valence-corrected chi connectivity index (χ4v) is 3.07. The van der Waals surface area contributed by atoms with Gasteiger partial charge in [-0.3, -0.25) is 15.1 Å². The summed E-state index contributed by atoms with van der Waals surface area (Å²) >= 11 is 0. The minimum atomic E-state index is -0.205. The molecule has 1 fully saturated rings. The van der Waals surface area contributed by atoms with Gasteiger partial charge in [0.1, 0.15) is 0 Å². The number of likely N-dealkylation sites (tertiary alicyclic amines) is 1. The first-order chi connectivity index (χ1) is 10.1. The second-order valence-corrected chi connectivity index (χ2v) is 6.12. The Morgan fingerprint density at radius 2 is 2.14 bits per heavy atom. The molecule has 0 saturated carbocycles. The van der Waals surface area contributed by atoms with Crippen molar-refractivity contribution in [2.24, 2.45) is 11.8 Å². The molecule has 4 heteroatoms. The Kier molecular flexibility index (Phi) is 5.76. The van der Waals surface area contributed by atoms with Crippen LogP contribution in [-0.2, 0) is 11.3 Å². The summed E-state index contributed by atoms with van der Waals surface area (Å²) in [6, 6.07) is 8.34. The van der Waals surface area contributed by atoms with Gasteiger partial charge in [0.2, 0.25) is 5.91 Å². The van der Waals surface area contributed by atoms with Gasteiger partial charge in [-0.15, -0.1) is 0 Å². The van der Waals surface area contributed by atoms with Gasteiger partial charge < -0.3 is 0 Å². The van der Waals surface area contributed by atoms with Gasteiger partial charge in [0.25, 0.3) is 0 Å². The monoisotopic (exact) mass is 289 g/mol. The molecule has 0 spiro atoms. The highest BCUT2D eigenvalue weighted by Gasteiger charge is 2.18. The van der Waals surface area contributed by atoms with Gasteiger partial charge in [0.05, 0.1) is 5.92 Å². The molecule has 2 rings (SSSR count). The topological polar surface area (TPSA) is 58.4 Å². The number of nitrogens with one attached hydrogen (secondary N) is 1. The smallest absolute Gasteiger partial charge is 0.241 e. The van der Waals surface area contributed by atoms with Crippen molar-refractivity contribution in [1.29, 1.82) is 0 Å². The van der Waals surface area contributed by atoms with Gasteiger partial charge in [-0.1, -0.05) is 37.6 Å². The van der Waals surface area contributed by atoms with E-state index in [1.807, 2.05) is 19.1 Å². The number of benzene rings is 1. The molecule has 1 amide bonds. The highest BCUT2D eigenvalue weighted by Crippen LogP contribution is 2.22. The van der Waals surface area contributed by atoms with Crippen molar-refractivity contribution in [3.8, 4) is 0 Å². The number of hydrogen-bond acceptors (Lipinski definition) is 3. The number of nitrogens with two attached hydrogens (primary N) is 1. The summed E-state index contributed by atoms with van der Waals surface area (Å²) in [6.45, 7) is 7.57. The number of nitrogens with zero attached hydrogens (tertiary/aromatic N) is 1. The van der Waals surface area contributed by atoms with Crippen LogP contribution >= 0.6 is 0 Å². The third-order valence-electron chi connectivity index (χ3n) is 4.60. The Hall–Kier alpha value is -1.39. The molecule has 1 aromatic carbocycles. The molecule has 1 heterocycles. The Morgan fingerprint density at radius 3 is 2.76 bits per heavy atom. The summed E-state index contributed by atoms with van der Waals surface area (Å²) in [7, 11) is 0. The Morgan fingerprint density at radius 1 is 1.43 bits per heavy atom. The minimum Gasteiger partial charge on any atom is -0.299 e. The summed E-state index contributed by atoms with van der Waals surface area (Å²) in [6.07, 6.45) is 3.96. The lowest BCUT2D eigenvalue weighted by Gasteiger charge is -2.32. The van der Waals surface area contributed by atoms with E-state index in [1.165, 1.54) is 37.9 Å². The molecule has 1 aromatic rings. The molecule has 1 aliphatic rings. The molecule has 0 aliphatic carbocycles. The third-order valence-corrected chi connectivity index (χ3v) is 4.60. The third kappa shape index (κ3) is 4.29. The molecule has 2 unspecified atom stereocenters. The van der Waals surface area contributed by atoms with Gasteiger partial charge in [-0.05, 0) is 43.4 Å². The summed E-state index contributed by atoms with van der Waals surface area (Å²) in [5, 5.41) is 0. The van der Waals surface area contributed by atoms with Crippen molar-refractivity contribution in [2.45, 2.75) is 45.6 Å². The second kappa shape index (κ2) is 7.57. The van der Waals surface area contributed by atoms with E-state index in [0.29, 0.717) is 0 Å². The first kappa shape index (κ1) is 16.0. The molecule has 2 atom stereocenters. The minimum absolute atomic E-state index is 0.149. The Balaban J connectivity index is 1.94. The van der Waals surface area contributed by atoms with Crippen LogP contribution in [0.15, 0.2) is 24.3 Å². The van der Waals surface area contributed by atoms with E-state index >= 15 is 0 Å². The van der Waals surface area contributed by atoms with E-state index in [-0.39, 0.29) is 11.8 Å². The lowest BCUT2D eigenvalue weighted by atomic mass is 9.95. The van der Waals surface area contributed by atoms with Crippen molar-refractivity contribution in [3.05, 3.63) is 35.4 Å². The molecule has 4 nitrogen and oxygen atoms in total. The molecule has 1 aliphatic heterocycles. The lowest BCUT2D eigenvalue weighted by molar-refractivity contribution is -0.122. The number of amides is 1. The zero-order valence-corrected chi connectivity index (χ0v) is 13.1. The van der Waals surface area contributed by atoms with Gasteiger partial charge in [-0.25, -0.2) is 5.84 Å². The van der Waals surface area contributed by atoms with Crippen LogP contribution in [0.1, 0.15) is 50.2 Å². The molecule has 3 N–H and O–H groups in total. The predicted octanol–water partition coefficient (Wildman–Crippen LogP) is 2.40. The van der Waals surface area contributed by atoms with E-state index in [4.69, 9.17) is 5.84 Å². The predicted molar refractivity (Wildman–Crippen MR) is 85.5 cm³/mol. The maximum atomic E-state index is 11.5. The van der Waals surface area contributed by atoms with Crippen LogP contribution in [0.4, 0.5) is 0 Å². The number of rotatable bonds is 5. The second-order valence-electron chi connectivity index (χ2n) is 6.12. The summed E-state index contributed by atoms with van der Waals surface area (Å²) < 4.78 is 0. The van der Waals surface area contributed by atoms with Crippen molar-refractivity contribution < 1.29 is 4.79 Å². The van der Waals surface area contributed by atoms with Gasteiger partial charge in [-0.2, -0.15) is 0 Å². The molecule has 1 saturated heterocycles. The van der Waals surface area contributed by atoms with Crippen molar-refractivity contribution in [3.63, 3.8) is 0 Å². The number of carbonyl (C=O) groups excluding carboxylic acids is 1. The van der Waals surface area contributed by atoms with E-state index in [2.05, 4.69) is 29.4 Å². The highest BCUT2D eigenvalue weighted by atomic mass is 16.2. The number of hydrazine groups is 1. The molecular weight excluding hydrogens is 262 g/mol. The van der Waals surface area contributed by atoms with Gasteiger partial charge >= 0.3 is 0 Å². The van der Waals surface area contributed by atoms with Gasteiger partial charge in [0, 0.05) is 13.1 Å². The van der Waals surface area contributed by atoms with Crippen LogP contribution in [0.3, 0.4) is 0 Å². The molecule has 0 bridgehead atoms. The SMILES string of the molecule is CCC1CCCN(Cc2ccc(C(C)C(=O)NN)cc2)C1. The molecular formula is C17H27N3O. The highest BCUT2D eigenvalue weighted by molar-refractivity contribution is 5.82. The summed E-state index contributed by atoms with van der Waals surface area (Å²) in [5.41, 5.74) is 4.53. The zero-order chi connectivity index (χ0) is 15.2. The van der Waals surface area contributed by atoms with E-state index in [9.17, 15) is 4.79 Å². The average molecular weight is 289 g/mol. The standard InChI is InChI=1S/C17H27N3O/c1-3-14-5-4-10-20(11-14)12-15-6-8-16(9-7-15)13(2)17(21)19-18/h6-9,13-14H,3-5,10-12,18H2,1-2H3,(H,19,21). The Bertz CT molecular complexity index is 458. The van der Waals surface area contributed by atoms with Crippen LogP contribution in [0.2, 0.25) is 0 Å². The largest absolute Gasteiger partial charge is 0.299 e. The lowest BCUT2D eigenvalue weighted by Crippen LogP contribution is -2.34. The first-order valence-corrected chi connectivity index (χ1v) is 7.95. The van der Waals surface area contributed by atoms with Crippen LogP contribution in [0.5, 0.6) is 0 Å². The number of carbonyl (C=O) groups is 1. The van der Waals surface area contributed by atoms with Crippen LogP contribution in [0, 0.1) is 5.92 Å². The average Bonchev–Trinajstić information content (AvgIpc) is 2.54. The summed E-state index contributed by atoms with van der Waals surface area (Å²) in [5.74, 6) is 5.68.